The molecule has 1 heterocycles. The van der Waals surface area contributed by atoms with Crippen molar-refractivity contribution in [3.63, 3.8) is 0 Å². The van der Waals surface area contributed by atoms with E-state index >= 15 is 0 Å². The average molecular weight is 373 g/mol. The van der Waals surface area contributed by atoms with Gasteiger partial charge in [-0.05, 0) is 44.0 Å². The van der Waals surface area contributed by atoms with Gasteiger partial charge in [0.1, 0.15) is 0 Å². The first kappa shape index (κ1) is 20.2. The maximum absolute atomic E-state index is 12.3. The molecule has 1 N–H and O–H groups in total. The zero-order chi connectivity index (χ0) is 20.1. The maximum atomic E-state index is 12.3. The minimum absolute atomic E-state index is 0.148. The number of anilines is 1. The molecule has 0 aliphatic carbocycles. The Morgan fingerprint density at radius 1 is 1.04 bits per heavy atom. The minimum Gasteiger partial charge on any atom is -0.465 e. The number of carbonyl (C=O) groups excluding carboxylic acids is 3. The Labute approximate surface area is 157 Å². The summed E-state index contributed by atoms with van der Waals surface area (Å²) in [5, 5.41) is 7.05. The predicted molar refractivity (Wildman–Crippen MR) is 98.8 cm³/mol. The van der Waals surface area contributed by atoms with Crippen LogP contribution in [0.15, 0.2) is 18.2 Å². The highest BCUT2D eigenvalue weighted by atomic mass is 16.5. The monoisotopic (exact) mass is 373 g/mol. The molecule has 0 fully saturated rings. The molecule has 1 aromatic carbocycles. The van der Waals surface area contributed by atoms with E-state index in [0.29, 0.717) is 12.1 Å². The fourth-order valence-electron chi connectivity index (χ4n) is 2.81. The number of nitrogens with zero attached hydrogens (tertiary/aromatic N) is 2. The van der Waals surface area contributed by atoms with Crippen molar-refractivity contribution >= 4 is 23.5 Å². The third-order valence-electron chi connectivity index (χ3n) is 4.32. The summed E-state index contributed by atoms with van der Waals surface area (Å²) >= 11 is 0. The van der Waals surface area contributed by atoms with E-state index in [-0.39, 0.29) is 23.5 Å². The molecule has 27 heavy (non-hydrogen) atoms. The van der Waals surface area contributed by atoms with E-state index in [0.717, 1.165) is 17.0 Å². The Morgan fingerprint density at radius 2 is 1.59 bits per heavy atom. The van der Waals surface area contributed by atoms with Crippen LogP contribution < -0.4 is 5.32 Å². The van der Waals surface area contributed by atoms with E-state index < -0.39 is 11.9 Å². The second-order valence-corrected chi connectivity index (χ2v) is 6.10. The Hall–Kier alpha value is -3.16. The van der Waals surface area contributed by atoms with Crippen molar-refractivity contribution in [1.82, 2.24) is 9.78 Å². The Morgan fingerprint density at radius 3 is 2.04 bits per heavy atom. The molecule has 0 atom stereocenters. The average Bonchev–Trinajstić information content (AvgIpc) is 2.89. The topological polar surface area (TPSA) is 99.5 Å². The van der Waals surface area contributed by atoms with Gasteiger partial charge in [-0.1, -0.05) is 0 Å². The summed E-state index contributed by atoms with van der Waals surface area (Å²) in [7, 11) is 4.34. The van der Waals surface area contributed by atoms with Gasteiger partial charge in [-0.15, -0.1) is 0 Å². The van der Waals surface area contributed by atoms with E-state index in [9.17, 15) is 14.4 Å². The molecular weight excluding hydrogens is 350 g/mol. The number of hydrogen-bond acceptors (Lipinski definition) is 6. The Bertz CT molecular complexity index is 851. The summed E-state index contributed by atoms with van der Waals surface area (Å²) in [6, 6.07) is 4.27. The fraction of sp³-hybridized carbons (Fsp3) is 0.368. The molecule has 0 spiro atoms. The van der Waals surface area contributed by atoms with Gasteiger partial charge in [0.15, 0.2) is 0 Å². The second kappa shape index (κ2) is 8.48. The normalized spacial score (nSPS) is 10.4. The van der Waals surface area contributed by atoms with E-state index in [1.165, 1.54) is 32.4 Å². The minimum atomic E-state index is -0.613. The van der Waals surface area contributed by atoms with Crippen LogP contribution in [0.1, 0.15) is 44.1 Å². The number of esters is 2. The number of methoxy groups -OCH3 is 2. The van der Waals surface area contributed by atoms with E-state index in [1.807, 2.05) is 20.9 Å². The van der Waals surface area contributed by atoms with Gasteiger partial charge in [0.25, 0.3) is 0 Å². The van der Waals surface area contributed by atoms with Crippen molar-refractivity contribution < 1.29 is 23.9 Å². The quantitative estimate of drug-likeness (QED) is 0.779. The molecule has 0 saturated heterocycles. The first-order valence-electron chi connectivity index (χ1n) is 8.37. The largest absolute Gasteiger partial charge is 0.465 e. The van der Waals surface area contributed by atoms with Gasteiger partial charge in [-0.3, -0.25) is 9.48 Å². The van der Waals surface area contributed by atoms with Crippen LogP contribution in [-0.4, -0.2) is 41.8 Å². The zero-order valence-electron chi connectivity index (χ0n) is 16.1. The third-order valence-corrected chi connectivity index (χ3v) is 4.32. The van der Waals surface area contributed by atoms with Crippen LogP contribution in [0.3, 0.4) is 0 Å². The van der Waals surface area contributed by atoms with Crippen LogP contribution >= 0.6 is 0 Å². The number of carbonyl (C=O) groups is 3. The van der Waals surface area contributed by atoms with Crippen LogP contribution in [0.25, 0.3) is 0 Å². The number of amides is 1. The molecule has 0 saturated carbocycles. The molecule has 0 bridgehead atoms. The summed E-state index contributed by atoms with van der Waals surface area (Å²) in [5.74, 6) is -1.47. The molecule has 1 amide bonds. The van der Waals surface area contributed by atoms with Gasteiger partial charge >= 0.3 is 11.9 Å². The Balaban J connectivity index is 2.16. The highest BCUT2D eigenvalue weighted by molar-refractivity contribution is 5.99. The lowest BCUT2D eigenvalue weighted by atomic mass is 10.1. The molecule has 2 aromatic rings. The van der Waals surface area contributed by atoms with Crippen LogP contribution in [0.4, 0.5) is 5.69 Å². The van der Waals surface area contributed by atoms with Crippen LogP contribution in [0, 0.1) is 13.8 Å². The number of hydrogen-bond donors (Lipinski definition) is 1. The lowest BCUT2D eigenvalue weighted by Crippen LogP contribution is -2.15. The summed E-state index contributed by atoms with van der Waals surface area (Å²) in [6.07, 6.45) is 0.779. The smallest absolute Gasteiger partial charge is 0.337 e. The van der Waals surface area contributed by atoms with Crippen molar-refractivity contribution in [2.24, 2.45) is 7.05 Å². The molecule has 0 aliphatic rings. The lowest BCUT2D eigenvalue weighted by Gasteiger charge is -2.10. The van der Waals surface area contributed by atoms with Gasteiger partial charge in [-0.2, -0.15) is 5.10 Å². The molecule has 0 unspecified atom stereocenters. The Kier molecular flexibility index (Phi) is 6.33. The highest BCUT2D eigenvalue weighted by Crippen LogP contribution is 2.18. The van der Waals surface area contributed by atoms with Gasteiger partial charge in [-0.25, -0.2) is 9.59 Å². The van der Waals surface area contributed by atoms with Crippen LogP contribution in [0.2, 0.25) is 0 Å². The summed E-state index contributed by atoms with van der Waals surface area (Å²) in [5.41, 5.74) is 3.56. The summed E-state index contributed by atoms with van der Waals surface area (Å²) < 4.78 is 11.2. The molecule has 8 heteroatoms. The van der Waals surface area contributed by atoms with Crippen molar-refractivity contribution in [1.29, 1.82) is 0 Å². The predicted octanol–water partition coefficient (Wildman–Crippen LogP) is 2.18. The molecule has 144 valence electrons. The first-order valence-corrected chi connectivity index (χ1v) is 8.37. The maximum Gasteiger partial charge on any atom is 0.337 e. The van der Waals surface area contributed by atoms with Crippen molar-refractivity contribution in [2.45, 2.75) is 26.7 Å². The zero-order valence-corrected chi connectivity index (χ0v) is 16.1. The standard InChI is InChI=1S/C19H23N3O5/c1-11-16(12(2)22(3)21-11)6-7-17(23)20-15-9-13(18(24)26-4)8-14(10-15)19(25)27-5/h8-10H,6-7H2,1-5H3,(H,20,23). The number of nitrogens with one attached hydrogen (secondary N) is 1. The first-order chi connectivity index (χ1) is 12.8. The van der Waals surface area contributed by atoms with Gasteiger partial charge < -0.3 is 14.8 Å². The number of aromatic nitrogens is 2. The van der Waals surface area contributed by atoms with E-state index in [2.05, 4.69) is 19.9 Å². The molecule has 1 aromatic heterocycles. The SMILES string of the molecule is COC(=O)c1cc(NC(=O)CCc2c(C)nn(C)c2C)cc(C(=O)OC)c1. The molecular formula is C19H23N3O5. The molecule has 0 radical (unpaired) electrons. The van der Waals surface area contributed by atoms with E-state index in [4.69, 9.17) is 0 Å². The van der Waals surface area contributed by atoms with Crippen molar-refractivity contribution in [3.8, 4) is 0 Å². The van der Waals surface area contributed by atoms with Crippen molar-refractivity contribution in [3.05, 3.63) is 46.3 Å². The third kappa shape index (κ3) is 4.72. The summed E-state index contributed by atoms with van der Waals surface area (Å²) in [4.78, 5) is 36.0. The number of rotatable bonds is 6. The number of aryl methyl sites for hydroxylation is 2. The fourth-order valence-corrected chi connectivity index (χ4v) is 2.81. The molecule has 8 nitrogen and oxygen atoms in total. The highest BCUT2D eigenvalue weighted by Gasteiger charge is 2.16. The lowest BCUT2D eigenvalue weighted by molar-refractivity contribution is -0.116. The van der Waals surface area contributed by atoms with Gasteiger partial charge in [0.05, 0.1) is 31.0 Å². The van der Waals surface area contributed by atoms with Crippen molar-refractivity contribution in [2.75, 3.05) is 19.5 Å². The van der Waals surface area contributed by atoms with E-state index in [1.54, 1.807) is 4.68 Å². The van der Waals surface area contributed by atoms with Crippen LogP contribution in [0.5, 0.6) is 0 Å². The van der Waals surface area contributed by atoms with Crippen LogP contribution in [-0.2, 0) is 27.7 Å². The second-order valence-electron chi connectivity index (χ2n) is 6.10. The van der Waals surface area contributed by atoms with Gasteiger partial charge in [0.2, 0.25) is 5.91 Å². The number of ether oxygens (including phenoxy) is 2. The summed E-state index contributed by atoms with van der Waals surface area (Å²) in [6.45, 7) is 3.86. The molecule has 2 rings (SSSR count). The molecule has 0 aliphatic heterocycles. The van der Waals surface area contributed by atoms with Gasteiger partial charge in [0, 0.05) is 24.8 Å². The number of benzene rings is 1.